The van der Waals surface area contributed by atoms with E-state index in [0.29, 0.717) is 29.2 Å². The van der Waals surface area contributed by atoms with E-state index in [2.05, 4.69) is 9.97 Å². The fraction of sp³-hybridized carbons (Fsp3) is 0.130. The molecule has 0 spiro atoms. The Bertz CT molecular complexity index is 1110. The van der Waals surface area contributed by atoms with Crippen LogP contribution in [-0.2, 0) is 9.59 Å². The second kappa shape index (κ2) is 8.16. The van der Waals surface area contributed by atoms with Crippen molar-refractivity contribution in [2.75, 3.05) is 11.5 Å². The monoisotopic (exact) mass is 401 g/mol. The van der Waals surface area contributed by atoms with Gasteiger partial charge in [0.1, 0.15) is 11.5 Å². The number of carbonyl (C=O) groups excluding carboxylic acids is 2. The van der Waals surface area contributed by atoms with Gasteiger partial charge in [0.05, 0.1) is 18.2 Å². The summed E-state index contributed by atoms with van der Waals surface area (Å²) >= 11 is 0. The van der Waals surface area contributed by atoms with Crippen molar-refractivity contribution >= 4 is 23.1 Å². The molecule has 0 saturated carbocycles. The van der Waals surface area contributed by atoms with Crippen LogP contribution in [0.5, 0.6) is 5.75 Å². The van der Waals surface area contributed by atoms with Gasteiger partial charge in [-0.25, -0.2) is 0 Å². The number of pyridine rings is 2. The summed E-state index contributed by atoms with van der Waals surface area (Å²) in [4.78, 5) is 35.4. The average Bonchev–Trinajstić information content (AvgIpc) is 3.05. The molecule has 1 N–H and O–H groups in total. The van der Waals surface area contributed by atoms with Gasteiger partial charge in [0.25, 0.3) is 11.7 Å². The van der Waals surface area contributed by atoms with Crippen molar-refractivity contribution in [3.05, 3.63) is 90.0 Å². The molecule has 0 bridgehead atoms. The number of ketones is 1. The maximum Gasteiger partial charge on any atom is 0.300 e. The van der Waals surface area contributed by atoms with Crippen molar-refractivity contribution in [1.82, 2.24) is 9.97 Å². The highest BCUT2D eigenvalue weighted by Gasteiger charge is 2.47. The molecule has 7 nitrogen and oxygen atoms in total. The van der Waals surface area contributed by atoms with Gasteiger partial charge in [-0.15, -0.1) is 0 Å². The highest BCUT2D eigenvalue weighted by atomic mass is 16.5. The molecule has 1 fully saturated rings. The first-order chi connectivity index (χ1) is 14.6. The summed E-state index contributed by atoms with van der Waals surface area (Å²) in [7, 11) is 0. The van der Waals surface area contributed by atoms with Crippen molar-refractivity contribution in [2.24, 2.45) is 0 Å². The molecule has 30 heavy (non-hydrogen) atoms. The van der Waals surface area contributed by atoms with Crippen LogP contribution in [0, 0.1) is 0 Å². The number of aliphatic hydroxyl groups is 1. The number of aliphatic hydroxyl groups excluding tert-OH is 1. The number of hydrogen-bond acceptors (Lipinski definition) is 6. The van der Waals surface area contributed by atoms with Crippen LogP contribution in [-0.4, -0.2) is 33.4 Å². The van der Waals surface area contributed by atoms with Crippen LogP contribution >= 0.6 is 0 Å². The van der Waals surface area contributed by atoms with E-state index >= 15 is 0 Å². The Morgan fingerprint density at radius 1 is 1.03 bits per heavy atom. The van der Waals surface area contributed by atoms with E-state index in [1.807, 2.05) is 6.92 Å². The van der Waals surface area contributed by atoms with E-state index in [1.165, 1.54) is 17.3 Å². The summed E-state index contributed by atoms with van der Waals surface area (Å²) in [6, 6.07) is 12.8. The van der Waals surface area contributed by atoms with Gasteiger partial charge in [-0.3, -0.25) is 24.5 Å². The molecular weight excluding hydrogens is 382 g/mol. The van der Waals surface area contributed by atoms with Gasteiger partial charge in [0.2, 0.25) is 0 Å². The number of carbonyl (C=O) groups is 2. The molecular formula is C23H19N3O4. The number of amides is 1. The van der Waals surface area contributed by atoms with Gasteiger partial charge in [-0.2, -0.15) is 0 Å². The molecule has 3 aromatic rings. The first-order valence-corrected chi connectivity index (χ1v) is 9.46. The zero-order chi connectivity index (χ0) is 21.1. The molecule has 0 radical (unpaired) electrons. The minimum Gasteiger partial charge on any atom is -0.507 e. The highest BCUT2D eigenvalue weighted by Crippen LogP contribution is 2.42. The number of hydrogen-bond donors (Lipinski definition) is 1. The van der Waals surface area contributed by atoms with E-state index in [1.54, 1.807) is 60.9 Å². The standard InChI is InChI=1S/C23H19N3O4/c1-2-30-18-5-3-4-17(14-18)26-20(15-6-10-24-11-7-15)19(22(28)23(26)29)21(27)16-8-12-25-13-9-16/h3-14,20,27H,2H2,1H3/b21-19+. The Balaban J connectivity index is 1.91. The smallest absolute Gasteiger partial charge is 0.300 e. The predicted octanol–water partition coefficient (Wildman–Crippen LogP) is 3.50. The molecule has 7 heteroatoms. The number of Topliss-reactive ketones (excluding diaryl/α,β-unsaturated/α-hetero) is 1. The fourth-order valence-corrected chi connectivity index (χ4v) is 3.52. The van der Waals surface area contributed by atoms with Gasteiger partial charge in [0.15, 0.2) is 0 Å². The van der Waals surface area contributed by atoms with E-state index in [9.17, 15) is 14.7 Å². The topological polar surface area (TPSA) is 92.6 Å². The zero-order valence-corrected chi connectivity index (χ0v) is 16.2. The fourth-order valence-electron chi connectivity index (χ4n) is 3.52. The van der Waals surface area contributed by atoms with Crippen LogP contribution < -0.4 is 9.64 Å². The number of anilines is 1. The maximum atomic E-state index is 13.1. The molecule has 0 aliphatic carbocycles. The first-order valence-electron chi connectivity index (χ1n) is 9.46. The molecule has 1 amide bonds. The number of nitrogens with zero attached hydrogens (tertiary/aromatic N) is 3. The lowest BCUT2D eigenvalue weighted by atomic mass is 9.96. The van der Waals surface area contributed by atoms with E-state index in [0.717, 1.165) is 0 Å². The molecule has 1 unspecified atom stereocenters. The summed E-state index contributed by atoms with van der Waals surface area (Å²) in [6.45, 7) is 2.34. The van der Waals surface area contributed by atoms with Gasteiger partial charge < -0.3 is 9.84 Å². The third-order valence-electron chi connectivity index (χ3n) is 4.83. The van der Waals surface area contributed by atoms with Crippen LogP contribution in [0.3, 0.4) is 0 Å². The van der Waals surface area contributed by atoms with Crippen LogP contribution in [0.15, 0.2) is 78.9 Å². The average molecular weight is 401 g/mol. The van der Waals surface area contributed by atoms with Gasteiger partial charge in [-0.1, -0.05) is 6.07 Å². The number of rotatable bonds is 5. The summed E-state index contributed by atoms with van der Waals surface area (Å²) in [5.41, 5.74) is 1.57. The quantitative estimate of drug-likeness (QED) is 0.400. The normalized spacial score (nSPS) is 17.9. The Morgan fingerprint density at radius 2 is 1.70 bits per heavy atom. The second-order valence-corrected chi connectivity index (χ2v) is 6.62. The largest absolute Gasteiger partial charge is 0.507 e. The van der Waals surface area contributed by atoms with Crippen molar-refractivity contribution in [3.8, 4) is 5.75 Å². The lowest BCUT2D eigenvalue weighted by molar-refractivity contribution is -0.132. The van der Waals surface area contributed by atoms with Crippen molar-refractivity contribution in [3.63, 3.8) is 0 Å². The minimum absolute atomic E-state index is 0.0132. The molecule has 150 valence electrons. The SMILES string of the molecule is CCOc1cccc(N2C(=O)C(=O)/C(=C(/O)c3ccncc3)C2c2ccncc2)c1. The lowest BCUT2D eigenvalue weighted by Crippen LogP contribution is -2.29. The number of ether oxygens (including phenoxy) is 1. The molecule has 3 heterocycles. The van der Waals surface area contributed by atoms with Crippen molar-refractivity contribution < 1.29 is 19.4 Å². The Hall–Kier alpha value is -4.00. The van der Waals surface area contributed by atoms with Crippen LogP contribution in [0.25, 0.3) is 5.76 Å². The minimum atomic E-state index is -0.807. The molecule has 1 aliphatic heterocycles. The van der Waals surface area contributed by atoms with Crippen molar-refractivity contribution in [1.29, 1.82) is 0 Å². The third-order valence-corrected chi connectivity index (χ3v) is 4.83. The maximum absolute atomic E-state index is 13.1. The summed E-state index contributed by atoms with van der Waals surface area (Å²) in [6.07, 6.45) is 6.19. The third kappa shape index (κ3) is 3.41. The molecule has 4 rings (SSSR count). The Morgan fingerprint density at radius 3 is 2.37 bits per heavy atom. The molecule has 1 aliphatic rings. The lowest BCUT2D eigenvalue weighted by Gasteiger charge is -2.25. The highest BCUT2D eigenvalue weighted by molar-refractivity contribution is 6.51. The van der Waals surface area contributed by atoms with Crippen LogP contribution in [0.2, 0.25) is 0 Å². The van der Waals surface area contributed by atoms with Gasteiger partial charge >= 0.3 is 0 Å². The zero-order valence-electron chi connectivity index (χ0n) is 16.2. The number of aromatic nitrogens is 2. The summed E-state index contributed by atoms with van der Waals surface area (Å²) in [5.74, 6) is -1.14. The molecule has 1 atom stereocenters. The van der Waals surface area contributed by atoms with Gasteiger partial charge in [-0.05, 0) is 48.9 Å². The summed E-state index contributed by atoms with van der Waals surface area (Å²) < 4.78 is 5.55. The number of benzene rings is 1. The molecule has 1 saturated heterocycles. The van der Waals surface area contributed by atoms with Crippen LogP contribution in [0.1, 0.15) is 24.1 Å². The van der Waals surface area contributed by atoms with Crippen molar-refractivity contribution in [2.45, 2.75) is 13.0 Å². The van der Waals surface area contributed by atoms with E-state index in [4.69, 9.17) is 4.74 Å². The first kappa shape index (κ1) is 19.3. The van der Waals surface area contributed by atoms with Gasteiger partial charge in [0, 0.05) is 42.1 Å². The Kier molecular flexibility index (Phi) is 5.26. The Labute approximate surface area is 173 Å². The van der Waals surface area contributed by atoms with E-state index < -0.39 is 17.7 Å². The van der Waals surface area contributed by atoms with E-state index in [-0.39, 0.29) is 11.3 Å². The molecule has 1 aromatic carbocycles. The molecule has 2 aromatic heterocycles. The summed E-state index contributed by atoms with van der Waals surface area (Å²) in [5, 5.41) is 11.0. The predicted molar refractivity (Wildman–Crippen MR) is 111 cm³/mol. The second-order valence-electron chi connectivity index (χ2n) is 6.62. The van der Waals surface area contributed by atoms with Crippen LogP contribution in [0.4, 0.5) is 5.69 Å².